The van der Waals surface area contributed by atoms with Crippen LogP contribution in [0.3, 0.4) is 0 Å². The average molecular weight is 81.0 g/mol. The molecule has 0 saturated carbocycles. The molecule has 3 nitrogen and oxygen atoms in total. The molecule has 0 aromatic carbocycles. The van der Waals surface area contributed by atoms with Gasteiger partial charge in [0.2, 0.25) is 0 Å². The van der Waals surface area contributed by atoms with Gasteiger partial charge in [-0.05, 0) is 0 Å². The Morgan fingerprint density at radius 3 is 2.00 bits per heavy atom. The van der Waals surface area contributed by atoms with Gasteiger partial charge in [0, 0.05) is 0 Å². The molecule has 26 valence electrons. The van der Waals surface area contributed by atoms with Crippen molar-refractivity contribution in [2.75, 3.05) is 0 Å². The van der Waals surface area contributed by atoms with Crippen molar-refractivity contribution in [2.24, 2.45) is 5.50 Å². The zero-order valence-electron chi connectivity index (χ0n) is 1.93. The Hall–Kier alpha value is 0.150. The Morgan fingerprint density at radius 2 is 2.00 bits per heavy atom. The van der Waals surface area contributed by atoms with E-state index in [2.05, 4.69) is 5.50 Å². The summed E-state index contributed by atoms with van der Waals surface area (Å²) in [5.41, 5.74) is 4.21. The molecule has 0 aliphatic rings. The maximum absolute atomic E-state index is 8.96. The third-order valence-corrected chi connectivity index (χ3v) is 0. The highest BCUT2D eigenvalue weighted by molar-refractivity contribution is 7.35. The molecule has 0 heterocycles. The van der Waals surface area contributed by atoms with Crippen molar-refractivity contribution in [3.63, 3.8) is 0 Å². The summed E-state index contributed by atoms with van der Waals surface area (Å²) < 4.78 is 8.96. The van der Waals surface area contributed by atoms with E-state index in [-0.39, 0.29) is 0 Å². The van der Waals surface area contributed by atoms with Gasteiger partial charge in [0.1, 0.15) is 0 Å². The van der Waals surface area contributed by atoms with Crippen molar-refractivity contribution in [3.8, 4) is 0 Å². The average Bonchev–Trinajstić information content (AvgIpc) is 0.811. The summed E-state index contributed by atoms with van der Waals surface area (Å²) in [6.45, 7) is 0. The minimum Gasteiger partial charge on any atom is -0.336 e. The SMILES string of the molecule is N[PH](=O)O. The maximum Gasteiger partial charge on any atom is 0.253 e. The zero-order valence-corrected chi connectivity index (χ0v) is 2.93. The molecule has 0 aromatic heterocycles. The van der Waals surface area contributed by atoms with E-state index in [1.54, 1.807) is 0 Å². The van der Waals surface area contributed by atoms with Crippen molar-refractivity contribution >= 4 is 8.18 Å². The van der Waals surface area contributed by atoms with E-state index in [1.165, 1.54) is 0 Å². The van der Waals surface area contributed by atoms with Crippen LogP contribution < -0.4 is 5.50 Å². The molecule has 0 bridgehead atoms. The van der Waals surface area contributed by atoms with Crippen molar-refractivity contribution in [3.05, 3.63) is 0 Å². The summed E-state index contributed by atoms with van der Waals surface area (Å²) in [5, 5.41) is 0. The van der Waals surface area contributed by atoms with Crippen LogP contribution in [-0.4, -0.2) is 4.89 Å². The van der Waals surface area contributed by atoms with Crippen LogP contribution in [0.15, 0.2) is 0 Å². The van der Waals surface area contributed by atoms with E-state index in [1.807, 2.05) is 0 Å². The minimum absolute atomic E-state index is 2.63. The summed E-state index contributed by atoms with van der Waals surface area (Å²) in [5.74, 6) is 0. The van der Waals surface area contributed by atoms with Crippen LogP contribution in [0, 0.1) is 0 Å². The largest absolute Gasteiger partial charge is 0.336 e. The van der Waals surface area contributed by atoms with E-state index in [4.69, 9.17) is 9.46 Å². The smallest absolute Gasteiger partial charge is 0.253 e. The molecule has 1 atom stereocenters. The summed E-state index contributed by atoms with van der Waals surface area (Å²) in [4.78, 5) is 7.38. The number of nitrogens with two attached hydrogens (primary N) is 1. The monoisotopic (exact) mass is 81.0 g/mol. The Kier molecular flexibility index (Phi) is 1.52. The molecule has 0 spiro atoms. The number of hydrogen-bond donors (Lipinski definition) is 2. The quantitative estimate of drug-likeness (QED) is 0.380. The van der Waals surface area contributed by atoms with Crippen LogP contribution in [0.2, 0.25) is 0 Å². The van der Waals surface area contributed by atoms with Gasteiger partial charge in [-0.25, -0.2) is 0 Å². The lowest BCUT2D eigenvalue weighted by molar-refractivity contribution is 0.504. The highest BCUT2D eigenvalue weighted by Gasteiger charge is 1.58. The fourth-order valence-corrected chi connectivity index (χ4v) is 0. The summed E-state index contributed by atoms with van der Waals surface area (Å²) >= 11 is 0. The van der Waals surface area contributed by atoms with Gasteiger partial charge in [0.15, 0.2) is 0 Å². The second kappa shape index (κ2) is 1.47. The highest BCUT2D eigenvalue weighted by Crippen LogP contribution is 1.91. The van der Waals surface area contributed by atoms with Gasteiger partial charge in [-0.1, -0.05) is 0 Å². The Labute approximate surface area is 24.4 Å². The minimum atomic E-state index is -2.63. The lowest BCUT2D eigenvalue weighted by Gasteiger charge is -1.62. The third kappa shape index (κ3) is 126. The van der Waals surface area contributed by atoms with E-state index in [0.29, 0.717) is 0 Å². The van der Waals surface area contributed by atoms with Crippen molar-refractivity contribution in [1.29, 1.82) is 0 Å². The van der Waals surface area contributed by atoms with Crippen LogP contribution >= 0.6 is 8.18 Å². The Balaban J connectivity index is 2.80. The van der Waals surface area contributed by atoms with Gasteiger partial charge >= 0.3 is 0 Å². The summed E-state index contributed by atoms with van der Waals surface area (Å²) in [7, 11) is -2.63. The Morgan fingerprint density at radius 1 is 2.00 bits per heavy atom. The van der Waals surface area contributed by atoms with Gasteiger partial charge in [-0.3, -0.25) is 10.1 Å². The van der Waals surface area contributed by atoms with Crippen LogP contribution in [0.4, 0.5) is 0 Å². The molecule has 4 heavy (non-hydrogen) atoms. The molecule has 0 fully saturated rings. The molecule has 3 N–H and O–H groups in total. The lowest BCUT2D eigenvalue weighted by Crippen LogP contribution is -1.68. The second-order valence-electron chi connectivity index (χ2n) is 0.338. The first kappa shape index (κ1) is 4.15. The number of hydrogen-bond acceptors (Lipinski definition) is 1. The predicted octanol–water partition coefficient (Wildman–Crippen LogP) is -0.673. The molecule has 0 rings (SSSR count). The third-order valence-electron chi connectivity index (χ3n) is 0. The van der Waals surface area contributed by atoms with Crippen LogP contribution in [0.25, 0.3) is 0 Å². The molecule has 0 aromatic rings. The van der Waals surface area contributed by atoms with Crippen LogP contribution in [0.1, 0.15) is 0 Å². The van der Waals surface area contributed by atoms with Crippen molar-refractivity contribution < 1.29 is 9.46 Å². The maximum atomic E-state index is 8.96. The van der Waals surface area contributed by atoms with Gasteiger partial charge in [-0.2, -0.15) is 0 Å². The van der Waals surface area contributed by atoms with Gasteiger partial charge in [0.25, 0.3) is 8.18 Å². The standard InChI is InChI=1S/H4NO2P/c1-4(2)3/h4H,(H3,1,2,3). The molecule has 0 amide bonds. The molecule has 0 radical (unpaired) electrons. The molecular weight excluding hydrogens is 77.0 g/mol. The summed E-state index contributed by atoms with van der Waals surface area (Å²) in [6, 6.07) is 0. The highest BCUT2D eigenvalue weighted by atomic mass is 31.1. The van der Waals surface area contributed by atoms with Crippen molar-refractivity contribution in [1.82, 2.24) is 0 Å². The van der Waals surface area contributed by atoms with E-state index in [0.717, 1.165) is 0 Å². The van der Waals surface area contributed by atoms with Gasteiger partial charge in [-0.15, -0.1) is 0 Å². The van der Waals surface area contributed by atoms with Crippen molar-refractivity contribution in [2.45, 2.75) is 0 Å². The first-order chi connectivity index (χ1) is 1.73. The summed E-state index contributed by atoms with van der Waals surface area (Å²) in [6.07, 6.45) is 0. The second-order valence-corrected chi connectivity index (χ2v) is 1.01. The predicted molar refractivity (Wildman–Crippen MR) is 15.4 cm³/mol. The first-order valence-electron chi connectivity index (χ1n) is 0.716. The van der Waals surface area contributed by atoms with Gasteiger partial charge < -0.3 is 4.89 Å². The molecule has 1 unspecified atom stereocenters. The molecule has 0 aliphatic heterocycles. The molecular formula is H4NO2P. The fraction of sp³-hybridized carbons (Fsp3) is 0. The van der Waals surface area contributed by atoms with E-state index < -0.39 is 8.18 Å². The topological polar surface area (TPSA) is 63.3 Å². The normalized spacial score (nSPS) is 15.5. The zero-order chi connectivity index (χ0) is 3.58. The Bertz CT molecular complexity index is 29.0. The number of rotatable bonds is 0. The van der Waals surface area contributed by atoms with E-state index in [9.17, 15) is 0 Å². The van der Waals surface area contributed by atoms with Gasteiger partial charge in [0.05, 0.1) is 0 Å². The fourth-order valence-electron chi connectivity index (χ4n) is 0. The molecule has 0 aliphatic carbocycles. The molecule has 0 saturated heterocycles. The molecule has 4 heteroatoms. The lowest BCUT2D eigenvalue weighted by atomic mass is 13.9. The first-order valence-corrected chi connectivity index (χ1v) is 2.15. The van der Waals surface area contributed by atoms with Crippen LogP contribution in [-0.2, 0) is 4.57 Å². The van der Waals surface area contributed by atoms with E-state index >= 15 is 0 Å². The van der Waals surface area contributed by atoms with Crippen LogP contribution in [0.5, 0.6) is 0 Å².